The predicted octanol–water partition coefficient (Wildman–Crippen LogP) is 3.71. The summed E-state index contributed by atoms with van der Waals surface area (Å²) in [6.07, 6.45) is 3.38. The number of nitrogens with zero attached hydrogens (tertiary/aromatic N) is 2. The van der Waals surface area contributed by atoms with Crippen molar-refractivity contribution >= 4 is 39.0 Å². The number of carboxylic acid groups (broad SMARTS) is 1. The van der Waals surface area contributed by atoms with Gasteiger partial charge in [0.25, 0.3) is 5.56 Å². The highest BCUT2D eigenvalue weighted by Crippen LogP contribution is 2.33. The molecular weight excluding hydrogens is 477 g/mol. The van der Waals surface area contributed by atoms with E-state index in [1.54, 1.807) is 12.4 Å². The van der Waals surface area contributed by atoms with Crippen molar-refractivity contribution in [3.8, 4) is 17.2 Å². The van der Waals surface area contributed by atoms with Gasteiger partial charge in [-0.1, -0.05) is 18.2 Å². The van der Waals surface area contributed by atoms with Crippen LogP contribution < -0.4 is 20.7 Å². The largest absolute Gasteiger partial charge is 0.493 e. The number of benzene rings is 2. The van der Waals surface area contributed by atoms with Crippen LogP contribution in [0.15, 0.2) is 63.8 Å². The summed E-state index contributed by atoms with van der Waals surface area (Å²) in [6, 6.07) is 9.68. The van der Waals surface area contributed by atoms with Crippen molar-refractivity contribution in [1.29, 1.82) is 0 Å². The summed E-state index contributed by atoms with van der Waals surface area (Å²) in [5, 5.41) is 12.4. The van der Waals surface area contributed by atoms with Crippen LogP contribution in [0, 0.1) is 5.82 Å². The summed E-state index contributed by atoms with van der Waals surface area (Å²) in [4.78, 5) is 43.7. The number of rotatable bonds is 6. The number of ether oxygens (including phenoxy) is 2. The van der Waals surface area contributed by atoms with Gasteiger partial charge in [-0.25, -0.2) is 18.5 Å². The number of carbonyl (C=O) groups is 1. The maximum Gasteiger partial charge on any atom is 0.346 e. The molecule has 3 heterocycles. The highest BCUT2D eigenvalue weighted by atomic mass is 32.1. The minimum atomic E-state index is -1.33. The molecule has 11 heteroatoms. The van der Waals surface area contributed by atoms with Gasteiger partial charge in [0.1, 0.15) is 11.5 Å². The zero-order valence-corrected chi connectivity index (χ0v) is 18.9. The molecule has 0 saturated heterocycles. The van der Waals surface area contributed by atoms with Gasteiger partial charge in [-0.15, -0.1) is 11.3 Å². The molecule has 2 aromatic carbocycles. The second-order valence-electron chi connectivity index (χ2n) is 7.49. The van der Waals surface area contributed by atoms with Gasteiger partial charge in [-0.05, 0) is 17.0 Å². The summed E-state index contributed by atoms with van der Waals surface area (Å²) in [6.45, 7) is 0.0719. The third-order valence-corrected chi connectivity index (χ3v) is 6.45. The average Bonchev–Trinajstić information content (AvgIpc) is 3.28. The van der Waals surface area contributed by atoms with E-state index < -0.39 is 28.7 Å². The normalized spacial score (nSPS) is 11.1. The van der Waals surface area contributed by atoms with Crippen LogP contribution in [-0.4, -0.2) is 32.7 Å². The van der Waals surface area contributed by atoms with E-state index in [2.05, 4.69) is 9.97 Å². The number of halogens is 1. The third-order valence-electron chi connectivity index (χ3n) is 5.48. The van der Waals surface area contributed by atoms with Crippen LogP contribution in [0.25, 0.3) is 27.4 Å². The number of hydrogen-bond acceptors (Lipinski definition) is 7. The quantitative estimate of drug-likeness (QED) is 0.370. The van der Waals surface area contributed by atoms with Gasteiger partial charge in [-0.3, -0.25) is 9.78 Å². The smallest absolute Gasteiger partial charge is 0.346 e. The molecule has 0 radical (unpaired) electrons. The van der Waals surface area contributed by atoms with Gasteiger partial charge in [0.05, 0.1) is 23.7 Å². The van der Waals surface area contributed by atoms with Gasteiger partial charge < -0.3 is 19.6 Å². The van der Waals surface area contributed by atoms with E-state index in [-0.39, 0.29) is 33.9 Å². The maximum absolute atomic E-state index is 15.0. The zero-order valence-electron chi connectivity index (χ0n) is 18.1. The topological polar surface area (TPSA) is 124 Å². The molecule has 0 atom stereocenters. The van der Waals surface area contributed by atoms with E-state index in [0.29, 0.717) is 4.57 Å². The Labute approximate surface area is 199 Å². The van der Waals surface area contributed by atoms with Crippen molar-refractivity contribution in [2.45, 2.75) is 6.61 Å². The fourth-order valence-electron chi connectivity index (χ4n) is 3.84. The number of pyridine rings is 1. The van der Waals surface area contributed by atoms with Crippen LogP contribution in [0.3, 0.4) is 0 Å². The molecule has 0 bridgehead atoms. The first-order valence-electron chi connectivity index (χ1n) is 10.2. The maximum atomic E-state index is 15.0. The minimum Gasteiger partial charge on any atom is -0.493 e. The van der Waals surface area contributed by atoms with E-state index in [1.165, 1.54) is 18.6 Å². The number of aromatic carboxylic acids is 1. The molecular formula is C24H16FN3O6S. The molecule has 0 amide bonds. The molecule has 3 aromatic heterocycles. The molecule has 0 fully saturated rings. The number of fused-ring (bicyclic) bond motifs is 2. The van der Waals surface area contributed by atoms with Crippen molar-refractivity contribution in [3.63, 3.8) is 0 Å². The van der Waals surface area contributed by atoms with Crippen LogP contribution in [-0.2, 0) is 6.61 Å². The molecule has 0 unspecified atom stereocenters. The van der Waals surface area contributed by atoms with Crippen molar-refractivity contribution in [3.05, 3.63) is 91.3 Å². The third kappa shape index (κ3) is 3.81. The van der Waals surface area contributed by atoms with Crippen LogP contribution in [0.4, 0.5) is 4.39 Å². The van der Waals surface area contributed by atoms with Crippen molar-refractivity contribution in [2.75, 3.05) is 7.11 Å². The van der Waals surface area contributed by atoms with Crippen molar-refractivity contribution in [2.24, 2.45) is 0 Å². The summed E-state index contributed by atoms with van der Waals surface area (Å²) >= 11 is 0.791. The molecule has 5 aromatic rings. The Morgan fingerprint density at radius 3 is 2.83 bits per heavy atom. The molecule has 0 saturated carbocycles. The minimum absolute atomic E-state index is 0.0527. The van der Waals surface area contributed by atoms with Gasteiger partial charge in [0.15, 0.2) is 17.3 Å². The van der Waals surface area contributed by atoms with Gasteiger partial charge >= 0.3 is 11.7 Å². The average molecular weight is 493 g/mol. The van der Waals surface area contributed by atoms with Gasteiger partial charge in [-0.2, -0.15) is 0 Å². The van der Waals surface area contributed by atoms with Gasteiger partial charge in [0, 0.05) is 35.3 Å². The Morgan fingerprint density at radius 2 is 2.06 bits per heavy atom. The lowest BCUT2D eigenvalue weighted by molar-refractivity contribution is 0.0704. The lowest BCUT2D eigenvalue weighted by atomic mass is 10.1. The highest BCUT2D eigenvalue weighted by molar-refractivity contribution is 7.13. The zero-order chi connectivity index (χ0) is 24.7. The Bertz CT molecular complexity index is 1730. The number of nitrogens with one attached hydrogen (secondary N) is 1. The number of carboxylic acids is 1. The van der Waals surface area contributed by atoms with E-state index in [1.807, 2.05) is 24.3 Å². The SMILES string of the molecule is COc1cc(F)c(-n2c(=O)[nH]c3csc(C(=O)O)c3c2=O)cc1OCc1cccc2ccncc12. The van der Waals surface area contributed by atoms with Crippen LogP contribution in [0.5, 0.6) is 11.5 Å². The van der Waals surface area contributed by atoms with Crippen LogP contribution in [0.2, 0.25) is 0 Å². The molecule has 0 spiro atoms. The number of aromatic nitrogens is 3. The lowest BCUT2D eigenvalue weighted by Crippen LogP contribution is -2.34. The Morgan fingerprint density at radius 1 is 1.23 bits per heavy atom. The monoisotopic (exact) mass is 493 g/mol. The first-order chi connectivity index (χ1) is 16.9. The second-order valence-corrected chi connectivity index (χ2v) is 8.37. The predicted molar refractivity (Wildman–Crippen MR) is 128 cm³/mol. The van der Waals surface area contributed by atoms with Crippen LogP contribution in [0.1, 0.15) is 15.2 Å². The van der Waals surface area contributed by atoms with Gasteiger partial charge in [0.2, 0.25) is 0 Å². The number of methoxy groups -OCH3 is 1. The standard InChI is InChI=1S/C24H16FN3O6S/c1-33-18-7-15(25)17(28-22(29)20-16(27-24(28)32)11-35-21(20)23(30)31)8-19(18)34-10-13-4-2-3-12-5-6-26-9-14(12)13/h2-9,11H,10H2,1H3,(H,27,32)(H,30,31). The number of thiophene rings is 1. The molecule has 9 nitrogen and oxygen atoms in total. The second kappa shape index (κ2) is 8.69. The van der Waals surface area contributed by atoms with E-state index in [9.17, 15) is 19.5 Å². The summed E-state index contributed by atoms with van der Waals surface area (Å²) in [7, 11) is 1.33. The summed E-state index contributed by atoms with van der Waals surface area (Å²) < 4.78 is 26.7. The Balaban J connectivity index is 1.62. The Kier molecular flexibility index (Phi) is 5.53. The first kappa shape index (κ1) is 22.3. The fourth-order valence-corrected chi connectivity index (χ4v) is 4.67. The molecule has 0 aliphatic rings. The summed E-state index contributed by atoms with van der Waals surface area (Å²) in [5.41, 5.74) is -1.42. The first-order valence-corrected chi connectivity index (χ1v) is 11.1. The summed E-state index contributed by atoms with van der Waals surface area (Å²) in [5.74, 6) is -2.12. The van der Waals surface area contributed by atoms with E-state index in [0.717, 1.165) is 33.7 Å². The van der Waals surface area contributed by atoms with Crippen molar-refractivity contribution < 1.29 is 23.8 Å². The highest BCUT2D eigenvalue weighted by Gasteiger charge is 2.22. The lowest BCUT2D eigenvalue weighted by Gasteiger charge is -2.15. The molecule has 2 N–H and O–H groups in total. The van der Waals surface area contributed by atoms with Crippen LogP contribution >= 0.6 is 11.3 Å². The number of hydrogen-bond donors (Lipinski definition) is 2. The number of H-pyrrole nitrogens is 1. The molecule has 176 valence electrons. The molecule has 5 rings (SSSR count). The molecule has 35 heavy (non-hydrogen) atoms. The Hall–Kier alpha value is -4.51. The molecule has 0 aliphatic carbocycles. The van der Waals surface area contributed by atoms with E-state index in [4.69, 9.17) is 9.47 Å². The molecule has 0 aliphatic heterocycles. The van der Waals surface area contributed by atoms with E-state index >= 15 is 4.39 Å². The fraction of sp³-hybridized carbons (Fsp3) is 0.0833. The number of aromatic amines is 1. The van der Waals surface area contributed by atoms with Crippen molar-refractivity contribution in [1.82, 2.24) is 14.5 Å².